The monoisotopic (exact) mass is 1120 g/mol. The quantitative estimate of drug-likeness (QED) is 0.0948. The van der Waals surface area contributed by atoms with E-state index in [9.17, 15) is 45.5 Å². The van der Waals surface area contributed by atoms with Crippen LogP contribution >= 0.6 is 0 Å². The molecule has 6 rings (SSSR count). The number of benzene rings is 2. The number of carbonyl (C=O) groups excluding carboxylic acids is 4. The lowest BCUT2D eigenvalue weighted by molar-refractivity contribution is -0.688. The first kappa shape index (κ1) is 62.4. The normalized spacial score (nSPS) is 19.6. The average Bonchev–Trinajstić information content (AvgIpc) is 3.79. The van der Waals surface area contributed by atoms with Crippen molar-refractivity contribution < 1.29 is 76.5 Å². The summed E-state index contributed by atoms with van der Waals surface area (Å²) >= 11 is 0. The Bertz CT molecular complexity index is 2370. The van der Waals surface area contributed by atoms with Gasteiger partial charge in [-0.1, -0.05) is 66.7 Å². The zero-order chi connectivity index (χ0) is 54.9. The van der Waals surface area contributed by atoms with Crippen LogP contribution < -0.4 is 32.2 Å². The number of carbonyl (C=O) groups is 4. The van der Waals surface area contributed by atoms with Crippen LogP contribution in [-0.2, 0) is 32.2 Å². The summed E-state index contributed by atoms with van der Waals surface area (Å²) in [5.41, 5.74) is 1.63. The van der Waals surface area contributed by atoms with Crippen LogP contribution in [0, 0.1) is 11.8 Å². The molecule has 2 unspecified atom stereocenters. The van der Waals surface area contributed by atoms with Crippen LogP contribution in [0.5, 0.6) is 0 Å². The van der Waals surface area contributed by atoms with E-state index < -0.39 is 64.6 Å². The fourth-order valence-corrected chi connectivity index (χ4v) is 10.0. The third kappa shape index (κ3) is 19.7. The van der Waals surface area contributed by atoms with Crippen LogP contribution in [0.25, 0.3) is 0 Å². The second-order valence-electron chi connectivity index (χ2n) is 23.2. The summed E-state index contributed by atoms with van der Waals surface area (Å²) in [7, 11) is 0. The number of hydrogen-bond acceptors (Lipinski definition) is 7. The van der Waals surface area contributed by atoms with E-state index in [1.807, 2.05) is 128 Å². The molecule has 0 bridgehead atoms. The van der Waals surface area contributed by atoms with Crippen molar-refractivity contribution in [3.63, 3.8) is 0 Å². The largest absolute Gasteiger partial charge is 1.00 e. The Kier molecular flexibility index (Phi) is 21.4. The predicted molar refractivity (Wildman–Crippen MR) is 270 cm³/mol. The highest BCUT2D eigenvalue weighted by Gasteiger charge is 2.46. The lowest BCUT2D eigenvalue weighted by Gasteiger charge is -2.33. The Balaban J connectivity index is 0.000000320. The Morgan fingerprint density at radius 1 is 0.653 bits per heavy atom. The molecule has 0 radical (unpaired) electrons. The molecule has 3 aromatic rings. The number of rotatable bonds is 14. The highest BCUT2D eigenvalue weighted by molar-refractivity contribution is 5.82. The molecule has 12 nitrogen and oxygen atoms in total. The van der Waals surface area contributed by atoms with E-state index in [2.05, 4.69) is 27.7 Å². The molecule has 3 aliphatic rings. The third-order valence-corrected chi connectivity index (χ3v) is 13.6. The second kappa shape index (κ2) is 25.8. The van der Waals surface area contributed by atoms with Crippen LogP contribution in [-0.4, -0.2) is 106 Å². The number of pyridine rings is 1. The van der Waals surface area contributed by atoms with E-state index in [0.717, 1.165) is 24.1 Å². The van der Waals surface area contributed by atoms with Crippen molar-refractivity contribution in [3.05, 3.63) is 114 Å². The molecule has 3 aliphatic heterocycles. The SMILES string of the molecule is CC(C)(C)OC(=O)N1C[C@@H](CCC(NC(=O)C(F)(F)F)C2=CCN(Cc3ccccc3)CC2)CC1(C)C.CC(C)(C)OC(=O)N1C[C@@H](CCC(NC(=O)C(F)(F)F)c2cc[n+](Cc3ccccc3)cc2)CC1(C)C.[Br-]. The van der Waals surface area contributed by atoms with E-state index >= 15 is 0 Å². The maximum atomic E-state index is 13.1. The van der Waals surface area contributed by atoms with E-state index in [1.54, 1.807) is 34.3 Å². The summed E-state index contributed by atoms with van der Waals surface area (Å²) < 4.78 is 91.6. The molecule has 2 fully saturated rings. The van der Waals surface area contributed by atoms with Crippen LogP contribution in [0.15, 0.2) is 96.8 Å². The minimum Gasteiger partial charge on any atom is -1.00 e. The van der Waals surface area contributed by atoms with Gasteiger partial charge in [0.05, 0.1) is 12.1 Å². The molecule has 75 heavy (non-hydrogen) atoms. The van der Waals surface area contributed by atoms with Gasteiger partial charge >= 0.3 is 36.4 Å². The predicted octanol–water partition coefficient (Wildman–Crippen LogP) is 8.24. The smallest absolute Gasteiger partial charge is 0.471 e. The fourth-order valence-electron chi connectivity index (χ4n) is 10.0. The van der Waals surface area contributed by atoms with Crippen molar-refractivity contribution in [1.82, 2.24) is 25.3 Å². The van der Waals surface area contributed by atoms with Gasteiger partial charge in [0.25, 0.3) is 0 Å². The Labute approximate surface area is 449 Å². The molecule has 0 spiro atoms. The molecule has 19 heteroatoms. The molecule has 4 amide bonds. The number of alkyl halides is 6. The topological polar surface area (TPSA) is 124 Å². The molecular weight excluding hydrogens is 1050 g/mol. The van der Waals surface area contributed by atoms with Crippen molar-refractivity contribution in [2.75, 3.05) is 26.2 Å². The second-order valence-corrected chi connectivity index (χ2v) is 23.2. The summed E-state index contributed by atoms with van der Waals surface area (Å²) in [5.74, 6) is -3.70. The number of aromatic nitrogens is 1. The van der Waals surface area contributed by atoms with Gasteiger partial charge in [-0.15, -0.1) is 0 Å². The molecule has 4 heterocycles. The summed E-state index contributed by atoms with van der Waals surface area (Å²) in [5, 5.41) is 4.42. The number of halogens is 7. The van der Waals surface area contributed by atoms with Crippen LogP contribution in [0.4, 0.5) is 35.9 Å². The van der Waals surface area contributed by atoms with Gasteiger partial charge in [-0.3, -0.25) is 14.5 Å². The molecule has 1 aromatic heterocycles. The van der Waals surface area contributed by atoms with Crippen molar-refractivity contribution >= 4 is 24.0 Å². The molecule has 2 N–H and O–H groups in total. The van der Waals surface area contributed by atoms with Gasteiger partial charge in [0, 0.05) is 61.5 Å². The first-order valence-electron chi connectivity index (χ1n) is 25.5. The minimum absolute atomic E-state index is 0. The number of ether oxygens (including phenoxy) is 2. The van der Waals surface area contributed by atoms with E-state index in [1.165, 1.54) is 5.56 Å². The Morgan fingerprint density at radius 2 is 1.08 bits per heavy atom. The fraction of sp³-hybridized carbons (Fsp3) is 0.589. The maximum Gasteiger partial charge on any atom is 0.471 e. The summed E-state index contributed by atoms with van der Waals surface area (Å²) in [6, 6.07) is 21.8. The molecular formula is C56H77BrF6N6O6. The van der Waals surface area contributed by atoms with Gasteiger partial charge in [-0.25, -0.2) is 14.2 Å². The average molecular weight is 1120 g/mol. The van der Waals surface area contributed by atoms with Crippen LogP contribution in [0.2, 0.25) is 0 Å². The van der Waals surface area contributed by atoms with Gasteiger partial charge in [0.2, 0.25) is 0 Å². The minimum atomic E-state index is -4.97. The Hall–Kier alpha value is -5.17. The summed E-state index contributed by atoms with van der Waals surface area (Å²) in [6.07, 6.45) is -1.27. The van der Waals surface area contributed by atoms with E-state index in [4.69, 9.17) is 9.47 Å². The zero-order valence-corrected chi connectivity index (χ0v) is 46.6. The summed E-state index contributed by atoms with van der Waals surface area (Å²) in [6.45, 7) is 22.4. The third-order valence-electron chi connectivity index (χ3n) is 13.6. The van der Waals surface area contributed by atoms with Crippen molar-refractivity contribution in [2.45, 2.75) is 174 Å². The number of nitrogens with one attached hydrogen (secondary N) is 2. The van der Waals surface area contributed by atoms with Crippen LogP contribution in [0.1, 0.15) is 137 Å². The molecule has 2 saturated heterocycles. The molecule has 416 valence electrons. The van der Waals surface area contributed by atoms with Crippen LogP contribution in [0.3, 0.4) is 0 Å². The summed E-state index contributed by atoms with van der Waals surface area (Å²) in [4.78, 5) is 54.8. The number of amides is 4. The highest BCUT2D eigenvalue weighted by Crippen LogP contribution is 2.39. The molecule has 0 aliphatic carbocycles. The molecule has 0 saturated carbocycles. The van der Waals surface area contributed by atoms with Gasteiger partial charge < -0.3 is 46.9 Å². The van der Waals surface area contributed by atoms with Crippen molar-refractivity contribution in [1.29, 1.82) is 0 Å². The van der Waals surface area contributed by atoms with E-state index in [0.29, 0.717) is 76.8 Å². The Morgan fingerprint density at radius 3 is 1.49 bits per heavy atom. The van der Waals surface area contributed by atoms with E-state index in [-0.39, 0.29) is 34.9 Å². The molecule has 2 aromatic carbocycles. The van der Waals surface area contributed by atoms with Crippen molar-refractivity contribution in [2.24, 2.45) is 11.8 Å². The lowest BCUT2D eigenvalue weighted by atomic mass is 9.89. The first-order chi connectivity index (χ1) is 34.3. The van der Waals surface area contributed by atoms with Gasteiger partial charge in [0.15, 0.2) is 18.9 Å². The van der Waals surface area contributed by atoms with Gasteiger partial charge in [-0.2, -0.15) is 26.3 Å². The lowest BCUT2D eigenvalue weighted by Crippen LogP contribution is -3.00. The highest BCUT2D eigenvalue weighted by atomic mass is 79.9. The first-order valence-corrected chi connectivity index (χ1v) is 25.5. The van der Waals surface area contributed by atoms with Crippen molar-refractivity contribution in [3.8, 4) is 0 Å². The number of hydrogen-bond donors (Lipinski definition) is 2. The number of likely N-dealkylation sites (tertiary alicyclic amines) is 2. The maximum absolute atomic E-state index is 13.1. The number of nitrogens with zero attached hydrogens (tertiary/aromatic N) is 4. The van der Waals surface area contributed by atoms with Gasteiger partial charge in [-0.05, 0) is 143 Å². The zero-order valence-electron chi connectivity index (χ0n) is 45.0. The standard InChI is InChI=1S/C28H40F3N3O3.C28H36F3N3O3.BrH/c2*1-26(2,3)37-25(36)34-19-21(17-27(34,4)5)11-12-23(32-24(35)28(29,30)31)22-13-15-33(16-14-22)18-20-9-7-6-8-10-20;/h6-10,13,21,23H,11-12,14-19H2,1-5H3,(H,32,35);6-10,13-16,21,23H,11-12,17-19H2,1-5H3;1H/t2*21-,23?;/m00./s1. The molecule has 4 atom stereocenters. The van der Waals surface area contributed by atoms with Gasteiger partial charge in [0.1, 0.15) is 11.2 Å².